The molecule has 1 N–H and O–H groups in total. The zero-order valence-corrected chi connectivity index (χ0v) is 17.8. The molecule has 0 saturated carbocycles. The normalized spacial score (nSPS) is 10.7. The van der Waals surface area contributed by atoms with Crippen molar-refractivity contribution in [1.82, 2.24) is 9.88 Å². The Kier molecular flexibility index (Phi) is 6.77. The molecule has 0 aliphatic heterocycles. The highest BCUT2D eigenvalue weighted by molar-refractivity contribution is 5.94. The zero-order chi connectivity index (χ0) is 21.7. The molecule has 0 bridgehead atoms. The highest BCUT2D eigenvalue weighted by Crippen LogP contribution is 2.27. The summed E-state index contributed by atoms with van der Waals surface area (Å²) >= 11 is 0. The molecule has 1 heterocycles. The van der Waals surface area contributed by atoms with Crippen molar-refractivity contribution < 1.29 is 18.7 Å². The summed E-state index contributed by atoms with van der Waals surface area (Å²) in [7, 11) is 3.19. The van der Waals surface area contributed by atoms with Gasteiger partial charge in [0.25, 0.3) is 5.91 Å². The third-order valence-electron chi connectivity index (χ3n) is 5.14. The number of methoxy groups -OCH3 is 2. The average molecular weight is 410 g/mol. The van der Waals surface area contributed by atoms with E-state index >= 15 is 0 Å². The van der Waals surface area contributed by atoms with E-state index < -0.39 is 0 Å². The Balaban J connectivity index is 1.71. The minimum atomic E-state index is -0.275. The van der Waals surface area contributed by atoms with Crippen molar-refractivity contribution in [1.29, 1.82) is 0 Å². The minimum Gasteiger partial charge on any atom is -0.493 e. The maximum Gasteiger partial charge on any atom is 0.268 e. The van der Waals surface area contributed by atoms with E-state index in [0.29, 0.717) is 42.3 Å². The molecule has 3 aromatic rings. The first-order valence-corrected chi connectivity index (χ1v) is 9.83. The first-order valence-electron chi connectivity index (χ1n) is 9.83. The number of hydrogen-bond donors (Lipinski definition) is 1. The number of nitrogens with one attached hydrogen (secondary N) is 1. The van der Waals surface area contributed by atoms with Gasteiger partial charge in [-0.15, -0.1) is 0 Å². The van der Waals surface area contributed by atoms with Gasteiger partial charge in [0.1, 0.15) is 11.5 Å². The number of rotatable bonds is 8. The van der Waals surface area contributed by atoms with E-state index in [-0.39, 0.29) is 11.7 Å². The SMILES string of the molecule is COc1ccc(CCNC(=O)c2c(C)cc(C)n2Cc2ccccc2F)cc1OC. The molecule has 0 saturated heterocycles. The van der Waals surface area contributed by atoms with E-state index in [1.54, 1.807) is 32.4 Å². The molecule has 0 aliphatic carbocycles. The van der Waals surface area contributed by atoms with Gasteiger partial charge in [0.15, 0.2) is 11.5 Å². The van der Waals surface area contributed by atoms with Crippen LogP contribution in [0.5, 0.6) is 11.5 Å². The predicted octanol–water partition coefficient (Wildman–Crippen LogP) is 4.28. The summed E-state index contributed by atoms with van der Waals surface area (Å²) in [6.07, 6.45) is 0.651. The van der Waals surface area contributed by atoms with Crippen LogP contribution in [0.3, 0.4) is 0 Å². The molecule has 0 atom stereocenters. The van der Waals surface area contributed by atoms with Gasteiger partial charge in [0, 0.05) is 17.8 Å². The first-order chi connectivity index (χ1) is 14.4. The van der Waals surface area contributed by atoms with Crippen LogP contribution in [0.1, 0.15) is 32.9 Å². The Morgan fingerprint density at radius 1 is 1.03 bits per heavy atom. The summed E-state index contributed by atoms with van der Waals surface area (Å²) in [4.78, 5) is 12.9. The Morgan fingerprint density at radius 2 is 1.77 bits per heavy atom. The van der Waals surface area contributed by atoms with Gasteiger partial charge in [-0.2, -0.15) is 0 Å². The number of carbonyl (C=O) groups is 1. The van der Waals surface area contributed by atoms with E-state index in [4.69, 9.17) is 9.47 Å². The van der Waals surface area contributed by atoms with Crippen LogP contribution >= 0.6 is 0 Å². The van der Waals surface area contributed by atoms with E-state index in [2.05, 4.69) is 5.32 Å². The Bertz CT molecular complexity index is 1040. The highest BCUT2D eigenvalue weighted by atomic mass is 19.1. The molecule has 1 amide bonds. The number of nitrogens with zero attached hydrogens (tertiary/aromatic N) is 1. The van der Waals surface area contributed by atoms with Crippen LogP contribution in [-0.4, -0.2) is 31.2 Å². The van der Waals surface area contributed by atoms with E-state index in [9.17, 15) is 9.18 Å². The molecule has 0 aliphatic rings. The predicted molar refractivity (Wildman–Crippen MR) is 115 cm³/mol. The molecule has 2 aromatic carbocycles. The number of ether oxygens (including phenoxy) is 2. The number of aromatic nitrogens is 1. The fourth-order valence-electron chi connectivity index (χ4n) is 3.59. The van der Waals surface area contributed by atoms with Crippen molar-refractivity contribution in [3.8, 4) is 11.5 Å². The largest absolute Gasteiger partial charge is 0.493 e. The molecule has 1 aromatic heterocycles. The van der Waals surface area contributed by atoms with E-state index in [1.165, 1.54) is 6.07 Å². The molecule has 158 valence electrons. The quantitative estimate of drug-likeness (QED) is 0.603. The van der Waals surface area contributed by atoms with Crippen LogP contribution in [0.2, 0.25) is 0 Å². The molecule has 0 unspecified atom stereocenters. The third kappa shape index (κ3) is 4.64. The summed E-state index contributed by atoms with van der Waals surface area (Å²) in [5.74, 6) is 0.884. The molecule has 3 rings (SSSR count). The lowest BCUT2D eigenvalue weighted by Crippen LogP contribution is -2.29. The van der Waals surface area contributed by atoms with Crippen LogP contribution in [0.4, 0.5) is 4.39 Å². The Morgan fingerprint density at radius 3 is 2.47 bits per heavy atom. The van der Waals surface area contributed by atoms with Crippen LogP contribution in [0.25, 0.3) is 0 Å². The summed E-state index contributed by atoms with van der Waals surface area (Å²) in [5, 5.41) is 2.98. The van der Waals surface area contributed by atoms with Gasteiger partial charge in [-0.25, -0.2) is 4.39 Å². The molecule has 5 nitrogen and oxygen atoms in total. The topological polar surface area (TPSA) is 52.5 Å². The van der Waals surface area contributed by atoms with Gasteiger partial charge in [0.2, 0.25) is 0 Å². The fourth-order valence-corrected chi connectivity index (χ4v) is 3.59. The van der Waals surface area contributed by atoms with Gasteiger partial charge in [-0.05, 0) is 55.7 Å². The Hall–Kier alpha value is -3.28. The van der Waals surface area contributed by atoms with E-state index in [0.717, 1.165) is 16.8 Å². The third-order valence-corrected chi connectivity index (χ3v) is 5.14. The summed E-state index contributed by atoms with van der Waals surface area (Å²) in [6.45, 7) is 4.60. The van der Waals surface area contributed by atoms with Crippen molar-refractivity contribution in [2.75, 3.05) is 20.8 Å². The lowest BCUT2D eigenvalue weighted by molar-refractivity contribution is 0.0944. The average Bonchev–Trinajstić information content (AvgIpc) is 3.02. The molecular formula is C24H27FN2O3. The summed E-state index contributed by atoms with van der Waals surface area (Å²) in [5.41, 5.74) is 3.93. The molecule has 0 spiro atoms. The molecule has 0 fully saturated rings. The van der Waals surface area contributed by atoms with Crippen LogP contribution in [0.15, 0.2) is 48.5 Å². The van der Waals surface area contributed by atoms with Crippen molar-refractivity contribution in [3.63, 3.8) is 0 Å². The second-order valence-electron chi connectivity index (χ2n) is 7.19. The lowest BCUT2D eigenvalue weighted by Gasteiger charge is -2.14. The maximum atomic E-state index is 14.1. The number of aryl methyl sites for hydroxylation is 2. The lowest BCUT2D eigenvalue weighted by atomic mass is 10.1. The number of amides is 1. The van der Waals surface area contributed by atoms with Gasteiger partial charge in [-0.1, -0.05) is 24.3 Å². The number of halogens is 1. The van der Waals surface area contributed by atoms with Gasteiger partial charge >= 0.3 is 0 Å². The molecule has 30 heavy (non-hydrogen) atoms. The maximum absolute atomic E-state index is 14.1. The van der Waals surface area contributed by atoms with Crippen molar-refractivity contribution in [2.24, 2.45) is 0 Å². The summed E-state index contributed by atoms with van der Waals surface area (Å²) in [6, 6.07) is 14.3. The van der Waals surface area contributed by atoms with Crippen molar-refractivity contribution in [3.05, 3.63) is 82.4 Å². The highest BCUT2D eigenvalue weighted by Gasteiger charge is 2.18. The number of benzene rings is 2. The molecular weight excluding hydrogens is 383 g/mol. The minimum absolute atomic E-state index is 0.169. The van der Waals surface area contributed by atoms with Crippen LogP contribution in [0, 0.1) is 19.7 Å². The second-order valence-corrected chi connectivity index (χ2v) is 7.19. The first kappa shape index (κ1) is 21.4. The molecule has 0 radical (unpaired) electrons. The van der Waals surface area contributed by atoms with Gasteiger partial charge < -0.3 is 19.4 Å². The van der Waals surface area contributed by atoms with Crippen molar-refractivity contribution >= 4 is 5.91 Å². The fraction of sp³-hybridized carbons (Fsp3) is 0.292. The molecule has 6 heteroatoms. The standard InChI is InChI=1S/C24H27FN2O3/c1-16-13-17(2)27(15-19-7-5-6-8-20(19)25)23(16)24(28)26-12-11-18-9-10-21(29-3)22(14-18)30-4/h5-10,13-14H,11-12,15H2,1-4H3,(H,26,28). The number of carbonyl (C=O) groups excluding carboxylic acids is 1. The van der Waals surface area contributed by atoms with Crippen LogP contribution in [-0.2, 0) is 13.0 Å². The van der Waals surface area contributed by atoms with Crippen LogP contribution < -0.4 is 14.8 Å². The Labute approximate surface area is 176 Å². The van der Waals surface area contributed by atoms with Gasteiger partial charge in [0.05, 0.1) is 20.8 Å². The van der Waals surface area contributed by atoms with Crippen molar-refractivity contribution in [2.45, 2.75) is 26.8 Å². The number of hydrogen-bond acceptors (Lipinski definition) is 3. The van der Waals surface area contributed by atoms with Gasteiger partial charge in [-0.3, -0.25) is 4.79 Å². The smallest absolute Gasteiger partial charge is 0.268 e. The monoisotopic (exact) mass is 410 g/mol. The summed E-state index contributed by atoms with van der Waals surface area (Å²) < 4.78 is 26.6. The second kappa shape index (κ2) is 9.48. The zero-order valence-electron chi connectivity index (χ0n) is 17.8. The van der Waals surface area contributed by atoms with E-state index in [1.807, 2.05) is 42.7 Å².